The fraction of sp³-hybridized carbons (Fsp3) is 0.900. The summed E-state index contributed by atoms with van der Waals surface area (Å²) in [5.41, 5.74) is 0. The molecule has 0 aromatic rings. The van der Waals surface area contributed by atoms with Gasteiger partial charge < -0.3 is 10.4 Å². The molecule has 80 valence electrons. The number of rotatable bonds is 2. The maximum atomic E-state index is 11.4. The number of β-amino-alcohol motifs (C(OH)–C–C–N with tert-alkyl or cyclic N) is 1. The number of carbonyl (C=O) groups excluding carboxylic acids is 1. The fourth-order valence-corrected chi connectivity index (χ4v) is 2.61. The van der Waals surface area contributed by atoms with Gasteiger partial charge in [-0.1, -0.05) is 0 Å². The van der Waals surface area contributed by atoms with Gasteiger partial charge in [-0.25, -0.2) is 0 Å². The van der Waals surface area contributed by atoms with E-state index in [1.807, 2.05) is 0 Å². The van der Waals surface area contributed by atoms with E-state index in [-0.39, 0.29) is 17.9 Å². The number of hydrogen-bond acceptors (Lipinski definition) is 3. The molecule has 0 bridgehead atoms. The van der Waals surface area contributed by atoms with Gasteiger partial charge in [0, 0.05) is 19.1 Å². The summed E-state index contributed by atoms with van der Waals surface area (Å²) in [7, 11) is 0. The monoisotopic (exact) mass is 198 g/mol. The van der Waals surface area contributed by atoms with E-state index >= 15 is 0 Å². The molecule has 2 fully saturated rings. The van der Waals surface area contributed by atoms with Crippen LogP contribution in [0, 0.1) is 5.92 Å². The number of carbonyl (C=O) groups is 1. The smallest absolute Gasteiger partial charge is 0.224 e. The molecule has 0 radical (unpaired) electrons. The molecule has 0 aromatic carbocycles. The zero-order chi connectivity index (χ0) is 10.1. The normalized spacial score (nSPS) is 35.1. The highest BCUT2D eigenvalue weighted by atomic mass is 16.3. The first-order valence-corrected chi connectivity index (χ1v) is 5.38. The number of nitrogens with zero attached hydrogens (tertiary/aromatic N) is 1. The summed E-state index contributed by atoms with van der Waals surface area (Å²) in [5.74, 6) is 0.368. The van der Waals surface area contributed by atoms with Crippen molar-refractivity contribution in [3.05, 3.63) is 0 Å². The van der Waals surface area contributed by atoms with Crippen LogP contribution < -0.4 is 5.32 Å². The molecule has 2 N–H and O–H groups in total. The molecule has 2 aliphatic heterocycles. The Kier molecular flexibility index (Phi) is 2.74. The third-order valence-electron chi connectivity index (χ3n) is 3.21. The van der Waals surface area contributed by atoms with Crippen LogP contribution >= 0.6 is 0 Å². The number of nitrogens with one attached hydrogen (secondary N) is 1. The fourth-order valence-electron chi connectivity index (χ4n) is 2.61. The quantitative estimate of drug-likeness (QED) is 0.633. The van der Waals surface area contributed by atoms with Crippen molar-refractivity contribution in [3.63, 3.8) is 0 Å². The number of amides is 1. The second kappa shape index (κ2) is 3.87. The van der Waals surface area contributed by atoms with E-state index in [1.165, 1.54) is 0 Å². The van der Waals surface area contributed by atoms with Crippen LogP contribution in [0.3, 0.4) is 0 Å². The van der Waals surface area contributed by atoms with Crippen LogP contribution in [0.15, 0.2) is 0 Å². The van der Waals surface area contributed by atoms with E-state index in [1.54, 1.807) is 6.92 Å². The summed E-state index contributed by atoms with van der Waals surface area (Å²) < 4.78 is 0. The van der Waals surface area contributed by atoms with Gasteiger partial charge in [-0.15, -0.1) is 0 Å². The van der Waals surface area contributed by atoms with Crippen molar-refractivity contribution in [3.8, 4) is 0 Å². The summed E-state index contributed by atoms with van der Waals surface area (Å²) in [4.78, 5) is 13.7. The van der Waals surface area contributed by atoms with Crippen molar-refractivity contribution in [2.45, 2.75) is 31.9 Å². The van der Waals surface area contributed by atoms with E-state index < -0.39 is 0 Å². The molecule has 2 saturated heterocycles. The predicted octanol–water partition coefficient (Wildman–Crippen LogP) is -0.422. The molecule has 0 spiro atoms. The van der Waals surface area contributed by atoms with Gasteiger partial charge in [-0.05, 0) is 26.3 Å². The molecule has 0 aromatic heterocycles. The first kappa shape index (κ1) is 9.93. The lowest BCUT2D eigenvalue weighted by Crippen LogP contribution is -2.48. The van der Waals surface area contributed by atoms with E-state index in [9.17, 15) is 9.90 Å². The first-order valence-electron chi connectivity index (χ1n) is 5.38. The Balaban J connectivity index is 2.01. The Labute approximate surface area is 84.3 Å². The minimum atomic E-state index is -0.301. The highest BCUT2D eigenvalue weighted by Crippen LogP contribution is 2.27. The minimum absolute atomic E-state index is 0.169. The second-order valence-corrected chi connectivity index (χ2v) is 4.41. The van der Waals surface area contributed by atoms with Crippen molar-refractivity contribution < 1.29 is 9.90 Å². The third-order valence-corrected chi connectivity index (χ3v) is 3.21. The van der Waals surface area contributed by atoms with Gasteiger partial charge in [0.05, 0.1) is 12.0 Å². The highest BCUT2D eigenvalue weighted by Gasteiger charge is 2.40. The van der Waals surface area contributed by atoms with Crippen molar-refractivity contribution >= 4 is 5.91 Å². The number of piperidine rings is 1. The first-order chi connectivity index (χ1) is 6.68. The molecule has 3 unspecified atom stereocenters. The number of aliphatic hydroxyl groups is 1. The van der Waals surface area contributed by atoms with E-state index in [4.69, 9.17) is 0 Å². The molecule has 1 amide bonds. The SMILES string of the molecule is CC(O)CN1CCCC2C(=O)NCC21. The molecule has 14 heavy (non-hydrogen) atoms. The van der Waals surface area contributed by atoms with Gasteiger partial charge in [0.1, 0.15) is 0 Å². The van der Waals surface area contributed by atoms with Crippen LogP contribution in [0.25, 0.3) is 0 Å². The average molecular weight is 198 g/mol. The maximum Gasteiger partial charge on any atom is 0.224 e. The molecule has 0 aliphatic carbocycles. The summed E-state index contributed by atoms with van der Waals surface area (Å²) in [6, 6.07) is 0.325. The minimum Gasteiger partial charge on any atom is -0.392 e. The highest BCUT2D eigenvalue weighted by molar-refractivity contribution is 5.82. The number of hydrogen-bond donors (Lipinski definition) is 2. The zero-order valence-electron chi connectivity index (χ0n) is 8.57. The standard InChI is InChI=1S/C10H18N2O2/c1-7(13)6-12-4-2-3-8-9(12)5-11-10(8)14/h7-9,13H,2-6H2,1H3,(H,11,14). The molecule has 2 heterocycles. The Morgan fingerprint density at radius 3 is 3.21 bits per heavy atom. The lowest BCUT2D eigenvalue weighted by Gasteiger charge is -2.36. The van der Waals surface area contributed by atoms with Crippen LogP contribution in [0.1, 0.15) is 19.8 Å². The van der Waals surface area contributed by atoms with Gasteiger partial charge in [-0.3, -0.25) is 9.69 Å². The van der Waals surface area contributed by atoms with Gasteiger partial charge in [0.25, 0.3) is 0 Å². The van der Waals surface area contributed by atoms with Crippen LogP contribution in [0.2, 0.25) is 0 Å². The lowest BCUT2D eigenvalue weighted by atomic mass is 9.91. The van der Waals surface area contributed by atoms with Crippen molar-refractivity contribution in [2.24, 2.45) is 5.92 Å². The summed E-state index contributed by atoms with van der Waals surface area (Å²) in [6.45, 7) is 4.27. The van der Waals surface area contributed by atoms with Crippen LogP contribution in [-0.4, -0.2) is 47.7 Å². The summed E-state index contributed by atoms with van der Waals surface area (Å²) in [6.07, 6.45) is 1.78. The Bertz CT molecular complexity index is 230. The topological polar surface area (TPSA) is 52.6 Å². The number of aliphatic hydroxyl groups excluding tert-OH is 1. The number of fused-ring (bicyclic) bond motifs is 1. The van der Waals surface area contributed by atoms with Crippen LogP contribution in [0.4, 0.5) is 0 Å². The second-order valence-electron chi connectivity index (χ2n) is 4.41. The van der Waals surface area contributed by atoms with E-state index in [2.05, 4.69) is 10.2 Å². The van der Waals surface area contributed by atoms with Crippen LogP contribution in [-0.2, 0) is 4.79 Å². The molecular weight excluding hydrogens is 180 g/mol. The molecule has 2 aliphatic rings. The van der Waals surface area contributed by atoms with Gasteiger partial charge in [0.2, 0.25) is 5.91 Å². The molecule has 0 saturated carbocycles. The maximum absolute atomic E-state index is 11.4. The average Bonchev–Trinajstić information content (AvgIpc) is 2.49. The van der Waals surface area contributed by atoms with Crippen molar-refractivity contribution in [1.82, 2.24) is 10.2 Å². The molecule has 4 nitrogen and oxygen atoms in total. The van der Waals surface area contributed by atoms with E-state index in [0.29, 0.717) is 12.6 Å². The van der Waals surface area contributed by atoms with Gasteiger partial charge in [0.15, 0.2) is 0 Å². The lowest BCUT2D eigenvalue weighted by molar-refractivity contribution is -0.124. The molecule has 3 atom stereocenters. The Morgan fingerprint density at radius 1 is 1.71 bits per heavy atom. The third kappa shape index (κ3) is 1.77. The summed E-state index contributed by atoms with van der Waals surface area (Å²) >= 11 is 0. The zero-order valence-corrected chi connectivity index (χ0v) is 8.57. The van der Waals surface area contributed by atoms with Crippen molar-refractivity contribution in [1.29, 1.82) is 0 Å². The molecule has 4 heteroatoms. The largest absolute Gasteiger partial charge is 0.392 e. The Morgan fingerprint density at radius 2 is 2.50 bits per heavy atom. The molecular formula is C10H18N2O2. The molecule has 2 rings (SSSR count). The Hall–Kier alpha value is -0.610. The van der Waals surface area contributed by atoms with Gasteiger partial charge in [-0.2, -0.15) is 0 Å². The van der Waals surface area contributed by atoms with E-state index in [0.717, 1.165) is 25.9 Å². The predicted molar refractivity (Wildman–Crippen MR) is 52.8 cm³/mol. The summed E-state index contributed by atoms with van der Waals surface area (Å²) in [5, 5.41) is 12.2. The number of likely N-dealkylation sites (tertiary alicyclic amines) is 1. The van der Waals surface area contributed by atoms with Crippen molar-refractivity contribution in [2.75, 3.05) is 19.6 Å². The van der Waals surface area contributed by atoms with Crippen LogP contribution in [0.5, 0.6) is 0 Å². The van der Waals surface area contributed by atoms with Gasteiger partial charge >= 0.3 is 0 Å².